The van der Waals surface area contributed by atoms with E-state index in [-0.39, 0.29) is 11.9 Å². The SMILES string of the molecule is CNC(=O)C1CCC(N(CC2CCC(C)CC2)c2cc(C3=CCCCC3)sc2C(=O)O)CC1C(=O)O. The van der Waals surface area contributed by atoms with Gasteiger partial charge in [-0.1, -0.05) is 25.8 Å². The van der Waals surface area contributed by atoms with E-state index < -0.39 is 23.8 Å². The summed E-state index contributed by atoms with van der Waals surface area (Å²) in [4.78, 5) is 40.6. The molecule has 2 saturated carbocycles. The van der Waals surface area contributed by atoms with Gasteiger partial charge in [0.25, 0.3) is 0 Å². The molecule has 2 fully saturated rings. The number of carbonyl (C=O) groups excluding carboxylic acids is 1. The molecule has 0 saturated heterocycles. The van der Waals surface area contributed by atoms with Gasteiger partial charge in [0, 0.05) is 24.5 Å². The fourth-order valence-electron chi connectivity index (χ4n) is 6.41. The van der Waals surface area contributed by atoms with Gasteiger partial charge in [0.05, 0.1) is 17.5 Å². The summed E-state index contributed by atoms with van der Waals surface area (Å²) in [6, 6.07) is 1.95. The van der Waals surface area contributed by atoms with Crippen LogP contribution in [-0.2, 0) is 9.59 Å². The highest BCUT2D eigenvalue weighted by atomic mass is 32.1. The van der Waals surface area contributed by atoms with Crippen LogP contribution in [-0.4, -0.2) is 47.7 Å². The highest BCUT2D eigenvalue weighted by molar-refractivity contribution is 7.15. The van der Waals surface area contributed by atoms with Crippen LogP contribution in [0.1, 0.15) is 92.1 Å². The number of nitrogens with one attached hydrogen (secondary N) is 1. The number of hydrogen-bond donors (Lipinski definition) is 3. The molecular formula is C28H40N2O5S. The van der Waals surface area contributed by atoms with Crippen molar-refractivity contribution < 1.29 is 24.6 Å². The molecule has 0 bridgehead atoms. The summed E-state index contributed by atoms with van der Waals surface area (Å²) in [6.07, 6.45) is 12.6. The number of carboxylic acids is 2. The number of aromatic carboxylic acids is 1. The molecule has 198 valence electrons. The number of thiophene rings is 1. The molecule has 3 aliphatic carbocycles. The van der Waals surface area contributed by atoms with Crippen LogP contribution in [0.25, 0.3) is 5.57 Å². The molecule has 36 heavy (non-hydrogen) atoms. The number of rotatable bonds is 8. The van der Waals surface area contributed by atoms with Crippen molar-refractivity contribution >= 4 is 40.4 Å². The molecule has 0 aliphatic heterocycles. The molecule has 0 radical (unpaired) electrons. The van der Waals surface area contributed by atoms with Crippen molar-refractivity contribution in [1.29, 1.82) is 0 Å². The quantitative estimate of drug-likeness (QED) is 0.412. The van der Waals surface area contributed by atoms with Crippen molar-refractivity contribution in [3.05, 3.63) is 21.9 Å². The van der Waals surface area contributed by atoms with Gasteiger partial charge in [-0.15, -0.1) is 11.3 Å². The van der Waals surface area contributed by atoms with E-state index in [9.17, 15) is 24.6 Å². The minimum Gasteiger partial charge on any atom is -0.481 e. The zero-order valence-corrected chi connectivity index (χ0v) is 22.3. The summed E-state index contributed by atoms with van der Waals surface area (Å²) in [6.45, 7) is 3.03. The first-order valence-electron chi connectivity index (χ1n) is 13.6. The van der Waals surface area contributed by atoms with E-state index in [0.29, 0.717) is 30.1 Å². The Morgan fingerprint density at radius 2 is 1.81 bits per heavy atom. The molecular weight excluding hydrogens is 476 g/mol. The lowest BCUT2D eigenvalue weighted by molar-refractivity contribution is -0.149. The Bertz CT molecular complexity index is 994. The third-order valence-corrected chi connectivity index (χ3v) is 9.77. The molecule has 3 aliphatic rings. The van der Waals surface area contributed by atoms with Gasteiger partial charge in [0.2, 0.25) is 5.91 Å². The van der Waals surface area contributed by atoms with E-state index in [4.69, 9.17) is 0 Å². The summed E-state index contributed by atoms with van der Waals surface area (Å²) < 4.78 is 0. The van der Waals surface area contributed by atoms with Gasteiger partial charge in [0.1, 0.15) is 4.88 Å². The first-order valence-corrected chi connectivity index (χ1v) is 14.4. The molecule has 1 heterocycles. The molecule has 0 aromatic carbocycles. The van der Waals surface area contributed by atoms with Crippen molar-refractivity contribution in [2.45, 2.75) is 83.6 Å². The Morgan fingerprint density at radius 1 is 1.06 bits per heavy atom. The van der Waals surface area contributed by atoms with Crippen LogP contribution in [0.15, 0.2) is 12.1 Å². The van der Waals surface area contributed by atoms with E-state index in [1.54, 1.807) is 7.05 Å². The minimum absolute atomic E-state index is 0.104. The maximum Gasteiger partial charge on any atom is 0.348 e. The van der Waals surface area contributed by atoms with Gasteiger partial charge in [-0.3, -0.25) is 9.59 Å². The van der Waals surface area contributed by atoms with Gasteiger partial charge in [-0.2, -0.15) is 0 Å². The van der Waals surface area contributed by atoms with Crippen LogP contribution in [0.4, 0.5) is 5.69 Å². The second-order valence-electron chi connectivity index (χ2n) is 11.0. The Balaban J connectivity index is 1.68. The van der Waals surface area contributed by atoms with Crippen LogP contribution in [0.5, 0.6) is 0 Å². The van der Waals surface area contributed by atoms with Crippen LogP contribution in [0.2, 0.25) is 0 Å². The predicted octanol–water partition coefficient (Wildman–Crippen LogP) is 5.65. The highest BCUT2D eigenvalue weighted by Crippen LogP contribution is 2.43. The monoisotopic (exact) mass is 516 g/mol. The van der Waals surface area contributed by atoms with Gasteiger partial charge >= 0.3 is 11.9 Å². The van der Waals surface area contributed by atoms with Gasteiger partial charge < -0.3 is 20.4 Å². The Hall–Kier alpha value is -2.35. The smallest absolute Gasteiger partial charge is 0.348 e. The van der Waals surface area contributed by atoms with Crippen LogP contribution in [0, 0.1) is 23.7 Å². The number of carboxylic acid groups (broad SMARTS) is 2. The summed E-state index contributed by atoms with van der Waals surface area (Å²) in [5, 5.41) is 22.8. The fraction of sp³-hybridized carbons (Fsp3) is 0.679. The molecule has 1 aromatic rings. The molecule has 8 heteroatoms. The summed E-state index contributed by atoms with van der Waals surface area (Å²) in [7, 11) is 1.55. The maximum absolute atomic E-state index is 12.4. The van der Waals surface area contributed by atoms with E-state index in [2.05, 4.69) is 29.3 Å². The topological polar surface area (TPSA) is 107 Å². The van der Waals surface area contributed by atoms with E-state index >= 15 is 0 Å². The molecule has 1 aromatic heterocycles. The number of hydrogen-bond acceptors (Lipinski definition) is 5. The zero-order valence-electron chi connectivity index (χ0n) is 21.5. The second-order valence-corrected chi connectivity index (χ2v) is 12.1. The number of anilines is 1. The second kappa shape index (κ2) is 11.8. The van der Waals surface area contributed by atoms with Gasteiger partial charge in [0.15, 0.2) is 0 Å². The van der Waals surface area contributed by atoms with Crippen molar-refractivity contribution in [3.63, 3.8) is 0 Å². The lowest BCUT2D eigenvalue weighted by Crippen LogP contribution is -2.48. The number of nitrogens with zero attached hydrogens (tertiary/aromatic N) is 1. The maximum atomic E-state index is 12.4. The lowest BCUT2D eigenvalue weighted by atomic mass is 9.75. The normalized spacial score (nSPS) is 28.7. The van der Waals surface area contributed by atoms with Crippen LogP contribution < -0.4 is 10.2 Å². The summed E-state index contributed by atoms with van der Waals surface area (Å²) in [5.74, 6) is -2.24. The summed E-state index contributed by atoms with van der Waals surface area (Å²) in [5.41, 5.74) is 1.97. The van der Waals surface area contributed by atoms with E-state index in [1.165, 1.54) is 36.2 Å². The average molecular weight is 517 g/mol. The van der Waals surface area contributed by atoms with Gasteiger partial charge in [-0.05, 0) is 81.3 Å². The largest absolute Gasteiger partial charge is 0.481 e. The fourth-order valence-corrected chi connectivity index (χ4v) is 7.48. The van der Waals surface area contributed by atoms with E-state index in [0.717, 1.165) is 55.1 Å². The highest BCUT2D eigenvalue weighted by Gasteiger charge is 2.42. The Morgan fingerprint density at radius 3 is 2.42 bits per heavy atom. The number of allylic oxidation sites excluding steroid dienone is 2. The molecule has 3 atom stereocenters. The lowest BCUT2D eigenvalue weighted by Gasteiger charge is -2.42. The first-order chi connectivity index (χ1) is 17.3. The molecule has 0 spiro atoms. The van der Waals surface area contributed by atoms with Crippen molar-refractivity contribution in [1.82, 2.24) is 5.32 Å². The molecule has 3 N–H and O–H groups in total. The standard InChI is InChI=1S/C28H40N2O5S/c1-17-8-10-18(11-9-17)16-30(20-12-13-21(26(31)29-2)22(14-20)27(32)33)23-15-24(36-25(23)28(34)35)19-6-4-3-5-7-19/h6,15,17-18,20-22H,3-5,7-14,16H2,1-2H3,(H,29,31)(H,32,33)(H,34,35). The minimum atomic E-state index is -0.948. The average Bonchev–Trinajstić information content (AvgIpc) is 3.34. The van der Waals surface area contributed by atoms with Crippen LogP contribution in [0.3, 0.4) is 0 Å². The third kappa shape index (κ3) is 5.96. The third-order valence-electron chi connectivity index (χ3n) is 8.58. The van der Waals surface area contributed by atoms with E-state index in [1.807, 2.05) is 0 Å². The Labute approximate surface area is 218 Å². The molecule has 1 amide bonds. The number of aliphatic carboxylic acids is 1. The Kier molecular flexibility index (Phi) is 8.75. The van der Waals surface area contributed by atoms with Gasteiger partial charge in [-0.25, -0.2) is 4.79 Å². The van der Waals surface area contributed by atoms with Crippen molar-refractivity contribution in [2.24, 2.45) is 23.7 Å². The molecule has 4 rings (SSSR count). The predicted molar refractivity (Wildman–Crippen MR) is 143 cm³/mol. The number of amides is 1. The first kappa shape index (κ1) is 26.7. The zero-order chi connectivity index (χ0) is 25.8. The van der Waals surface area contributed by atoms with Crippen LogP contribution >= 0.6 is 11.3 Å². The molecule has 7 nitrogen and oxygen atoms in total. The molecule has 3 unspecified atom stereocenters. The number of carbonyl (C=O) groups is 3. The summed E-state index contributed by atoms with van der Waals surface area (Å²) >= 11 is 1.36. The van der Waals surface area contributed by atoms with Crippen molar-refractivity contribution in [2.75, 3.05) is 18.5 Å². The van der Waals surface area contributed by atoms with Crippen molar-refractivity contribution in [3.8, 4) is 0 Å².